The molecule has 2 aromatic rings. The number of carbonyl (C=O) groups is 1. The van der Waals surface area contributed by atoms with Gasteiger partial charge in [0, 0.05) is 37.9 Å². The van der Waals surface area contributed by atoms with Crippen molar-refractivity contribution in [2.75, 3.05) is 44.7 Å². The Morgan fingerprint density at radius 3 is 2.70 bits per heavy atom. The average Bonchev–Trinajstić information content (AvgIpc) is 2.69. The number of nitrogens with zero attached hydrogens (tertiary/aromatic N) is 1. The number of halogens is 1. The summed E-state index contributed by atoms with van der Waals surface area (Å²) >= 11 is 0. The van der Waals surface area contributed by atoms with Gasteiger partial charge in [-0.15, -0.1) is 0 Å². The van der Waals surface area contributed by atoms with Gasteiger partial charge in [-0.1, -0.05) is 18.2 Å². The van der Waals surface area contributed by atoms with E-state index in [1.807, 2.05) is 12.1 Å². The monoisotopic (exact) mass is 373 g/mol. The van der Waals surface area contributed by atoms with Gasteiger partial charge in [0.05, 0.1) is 13.2 Å². The van der Waals surface area contributed by atoms with Crippen molar-refractivity contribution in [1.29, 1.82) is 0 Å². The van der Waals surface area contributed by atoms with Gasteiger partial charge in [-0.25, -0.2) is 9.18 Å². The number of hydrogen-bond donors (Lipinski definition) is 2. The highest BCUT2D eigenvalue weighted by Crippen LogP contribution is 2.18. The summed E-state index contributed by atoms with van der Waals surface area (Å²) in [6.45, 7) is 5.00. The molecule has 1 aliphatic rings. The Hall–Kier alpha value is -2.64. The summed E-state index contributed by atoms with van der Waals surface area (Å²) in [5.41, 5.74) is 1.52. The number of ether oxygens (including phenoxy) is 2. The zero-order chi connectivity index (χ0) is 18.9. The normalized spacial score (nSPS) is 14.6. The first-order valence-corrected chi connectivity index (χ1v) is 9.01. The molecule has 0 spiro atoms. The van der Waals surface area contributed by atoms with Crippen molar-refractivity contribution >= 4 is 11.7 Å². The van der Waals surface area contributed by atoms with Gasteiger partial charge in [-0.3, -0.25) is 4.90 Å². The predicted octanol–water partition coefficient (Wildman–Crippen LogP) is 2.86. The molecule has 0 bridgehead atoms. The SMILES string of the molecule is O=C(NCCN1CCOCC1)Nc1cccc(OCc2ccc(F)cc2)c1. The van der Waals surface area contributed by atoms with E-state index >= 15 is 0 Å². The Labute approximate surface area is 158 Å². The second kappa shape index (κ2) is 9.89. The first kappa shape index (κ1) is 19.1. The molecule has 7 heteroatoms. The van der Waals surface area contributed by atoms with E-state index in [2.05, 4.69) is 15.5 Å². The van der Waals surface area contributed by atoms with Gasteiger partial charge >= 0.3 is 6.03 Å². The molecule has 0 aromatic heterocycles. The fourth-order valence-corrected chi connectivity index (χ4v) is 2.74. The van der Waals surface area contributed by atoms with Gasteiger partial charge in [0.1, 0.15) is 18.2 Å². The molecule has 0 aliphatic carbocycles. The van der Waals surface area contributed by atoms with E-state index in [4.69, 9.17) is 9.47 Å². The molecule has 2 amide bonds. The molecule has 2 aromatic carbocycles. The Morgan fingerprint density at radius 2 is 1.93 bits per heavy atom. The predicted molar refractivity (Wildman–Crippen MR) is 101 cm³/mol. The molecule has 27 heavy (non-hydrogen) atoms. The summed E-state index contributed by atoms with van der Waals surface area (Å²) in [5, 5.41) is 5.66. The number of urea groups is 1. The fraction of sp³-hybridized carbons (Fsp3) is 0.350. The zero-order valence-electron chi connectivity index (χ0n) is 15.1. The van der Waals surface area contributed by atoms with Crippen LogP contribution in [0.4, 0.5) is 14.9 Å². The average molecular weight is 373 g/mol. The van der Waals surface area contributed by atoms with E-state index in [0.717, 1.165) is 38.4 Å². The number of amides is 2. The third-order valence-electron chi connectivity index (χ3n) is 4.23. The smallest absolute Gasteiger partial charge is 0.319 e. The largest absolute Gasteiger partial charge is 0.489 e. The second-order valence-corrected chi connectivity index (χ2v) is 6.28. The van der Waals surface area contributed by atoms with Crippen LogP contribution in [0.3, 0.4) is 0 Å². The molecule has 0 unspecified atom stereocenters. The van der Waals surface area contributed by atoms with Gasteiger partial charge in [0.15, 0.2) is 0 Å². The number of carbonyl (C=O) groups excluding carboxylic acids is 1. The summed E-state index contributed by atoms with van der Waals surface area (Å²) in [4.78, 5) is 14.3. The highest BCUT2D eigenvalue weighted by molar-refractivity contribution is 5.89. The molecule has 3 rings (SSSR count). The van der Waals surface area contributed by atoms with Gasteiger partial charge in [-0.2, -0.15) is 0 Å². The summed E-state index contributed by atoms with van der Waals surface area (Å²) in [6, 6.07) is 13.1. The first-order valence-electron chi connectivity index (χ1n) is 9.01. The van der Waals surface area contributed by atoms with E-state index in [-0.39, 0.29) is 11.8 Å². The molecule has 1 fully saturated rings. The Morgan fingerprint density at radius 1 is 1.15 bits per heavy atom. The van der Waals surface area contributed by atoms with Crippen molar-refractivity contribution in [2.45, 2.75) is 6.61 Å². The number of anilines is 1. The van der Waals surface area contributed by atoms with Crippen molar-refractivity contribution in [3.8, 4) is 5.75 Å². The summed E-state index contributed by atoms with van der Waals surface area (Å²) in [5.74, 6) is 0.357. The topological polar surface area (TPSA) is 62.8 Å². The molecule has 2 N–H and O–H groups in total. The van der Waals surface area contributed by atoms with Gasteiger partial charge in [0.25, 0.3) is 0 Å². The van der Waals surface area contributed by atoms with Gasteiger partial charge in [-0.05, 0) is 29.8 Å². The number of nitrogens with one attached hydrogen (secondary N) is 2. The lowest BCUT2D eigenvalue weighted by atomic mass is 10.2. The van der Waals surface area contributed by atoms with Crippen molar-refractivity contribution in [3.63, 3.8) is 0 Å². The van der Waals surface area contributed by atoms with E-state index in [9.17, 15) is 9.18 Å². The standard InChI is InChI=1S/C20H24FN3O3/c21-17-6-4-16(5-7-17)15-27-19-3-1-2-18(14-19)23-20(25)22-8-9-24-10-12-26-13-11-24/h1-7,14H,8-13,15H2,(H2,22,23,25). The second-order valence-electron chi connectivity index (χ2n) is 6.28. The first-order chi connectivity index (χ1) is 13.2. The van der Waals surface area contributed by atoms with Gasteiger partial charge in [0.2, 0.25) is 0 Å². The van der Waals surface area contributed by atoms with Crippen LogP contribution in [0.25, 0.3) is 0 Å². The third kappa shape index (κ3) is 6.54. The van der Waals surface area contributed by atoms with Crippen LogP contribution < -0.4 is 15.4 Å². The van der Waals surface area contributed by atoms with Crippen molar-refractivity contribution in [3.05, 3.63) is 59.9 Å². The minimum Gasteiger partial charge on any atom is -0.489 e. The summed E-state index contributed by atoms with van der Waals surface area (Å²) in [6.07, 6.45) is 0. The number of hydrogen-bond acceptors (Lipinski definition) is 4. The van der Waals surface area contributed by atoms with Crippen LogP contribution in [0.2, 0.25) is 0 Å². The van der Waals surface area contributed by atoms with Crippen molar-refractivity contribution < 1.29 is 18.7 Å². The Balaban J connectivity index is 1.42. The molecule has 1 heterocycles. The number of morpholine rings is 1. The maximum absolute atomic E-state index is 12.9. The van der Waals surface area contributed by atoms with Crippen LogP contribution in [0.5, 0.6) is 5.75 Å². The lowest BCUT2D eigenvalue weighted by Gasteiger charge is -2.26. The number of benzene rings is 2. The molecule has 1 saturated heterocycles. The molecule has 0 radical (unpaired) electrons. The highest BCUT2D eigenvalue weighted by Gasteiger charge is 2.10. The van der Waals surface area contributed by atoms with Crippen LogP contribution in [-0.2, 0) is 11.3 Å². The summed E-state index contributed by atoms with van der Waals surface area (Å²) < 4.78 is 23.9. The minimum absolute atomic E-state index is 0.251. The van der Waals surface area contributed by atoms with E-state index in [1.54, 1.807) is 24.3 Å². The Kier molecular flexibility index (Phi) is 7.01. The Bertz CT molecular complexity index is 734. The lowest BCUT2D eigenvalue weighted by molar-refractivity contribution is 0.0388. The van der Waals surface area contributed by atoms with E-state index in [1.165, 1.54) is 12.1 Å². The van der Waals surface area contributed by atoms with Crippen LogP contribution >= 0.6 is 0 Å². The zero-order valence-corrected chi connectivity index (χ0v) is 15.1. The summed E-state index contributed by atoms with van der Waals surface area (Å²) in [7, 11) is 0. The highest BCUT2D eigenvalue weighted by atomic mass is 19.1. The quantitative estimate of drug-likeness (QED) is 0.783. The van der Waals surface area contributed by atoms with Crippen LogP contribution in [0.1, 0.15) is 5.56 Å². The van der Waals surface area contributed by atoms with Crippen LogP contribution in [0, 0.1) is 5.82 Å². The molecule has 0 atom stereocenters. The van der Waals surface area contributed by atoms with E-state index in [0.29, 0.717) is 24.6 Å². The molecule has 0 saturated carbocycles. The van der Waals surface area contributed by atoms with Crippen molar-refractivity contribution in [1.82, 2.24) is 10.2 Å². The third-order valence-corrected chi connectivity index (χ3v) is 4.23. The lowest BCUT2D eigenvalue weighted by Crippen LogP contribution is -2.42. The maximum Gasteiger partial charge on any atom is 0.319 e. The molecule has 1 aliphatic heterocycles. The number of rotatable bonds is 7. The van der Waals surface area contributed by atoms with Crippen LogP contribution in [-0.4, -0.2) is 50.3 Å². The molecule has 144 valence electrons. The van der Waals surface area contributed by atoms with Gasteiger partial charge < -0.3 is 20.1 Å². The van der Waals surface area contributed by atoms with Crippen molar-refractivity contribution in [2.24, 2.45) is 0 Å². The molecular weight excluding hydrogens is 349 g/mol. The van der Waals surface area contributed by atoms with E-state index < -0.39 is 0 Å². The maximum atomic E-state index is 12.9. The van der Waals surface area contributed by atoms with Crippen LogP contribution in [0.15, 0.2) is 48.5 Å². The fourth-order valence-electron chi connectivity index (χ4n) is 2.74. The minimum atomic E-state index is -0.274. The molecular formula is C20H24FN3O3. The molecule has 6 nitrogen and oxygen atoms in total.